The molecule has 0 saturated carbocycles. The minimum Gasteiger partial charge on any atom is -0.456 e. The van der Waals surface area contributed by atoms with Crippen LogP contribution >= 0.6 is 0 Å². The number of anilines is 2. The summed E-state index contributed by atoms with van der Waals surface area (Å²) in [5.41, 5.74) is 13.9. The molecule has 0 aliphatic carbocycles. The Morgan fingerprint density at radius 1 is 0.649 bits per heavy atom. The molecule has 2 heterocycles. The van der Waals surface area contributed by atoms with Gasteiger partial charge in [0.2, 0.25) is 0 Å². The zero-order chi connectivity index (χ0) is 38.6. The number of nitrogens with zero attached hydrogens (tertiary/aromatic N) is 4. The highest BCUT2D eigenvalue weighted by atomic mass is 16.3. The van der Waals surface area contributed by atoms with Crippen molar-refractivity contribution in [2.24, 2.45) is 15.0 Å². The van der Waals surface area contributed by atoms with Crippen LogP contribution in [-0.4, -0.2) is 24.9 Å². The Labute approximate surface area is 333 Å². The third-order valence-corrected chi connectivity index (χ3v) is 10.5. The number of furan rings is 1. The van der Waals surface area contributed by atoms with Gasteiger partial charge in [0, 0.05) is 39.8 Å². The second-order valence-corrected chi connectivity index (χ2v) is 14.2. The standard InChI is InChI=1S/C52H40N4O/c1-36(24-26-43-35-56(44-18-7-4-8-19-44)48-22-11-9-20-45(43)48)51(54-34-37-25-31-47-46-21-10-12-23-49(46)57-50(47)32-37)55-52(53-2)40-29-27-39(28-30-40)42-17-13-16-41(33-42)38-14-5-3-6-15-38/h3-33H,2,34-35H2,1H3/b36-24+,43-26+,54-51?,55-52?. The first-order valence-electron chi connectivity index (χ1n) is 19.2. The number of hydrogen-bond donors (Lipinski definition) is 0. The molecule has 5 nitrogen and oxygen atoms in total. The fourth-order valence-corrected chi connectivity index (χ4v) is 7.50. The van der Waals surface area contributed by atoms with E-state index in [4.69, 9.17) is 14.4 Å². The van der Waals surface area contributed by atoms with Crippen LogP contribution in [0.1, 0.15) is 23.6 Å². The lowest BCUT2D eigenvalue weighted by atomic mass is 9.98. The molecule has 0 amide bonds. The number of benzene rings is 7. The fraction of sp³-hybridized carbons (Fsp3) is 0.0577. The number of fused-ring (bicyclic) bond motifs is 4. The van der Waals surface area contributed by atoms with E-state index in [1.54, 1.807) is 0 Å². The van der Waals surface area contributed by atoms with Gasteiger partial charge in [-0.1, -0.05) is 152 Å². The summed E-state index contributed by atoms with van der Waals surface area (Å²) in [7, 11) is 0. The van der Waals surface area contributed by atoms with Crippen molar-refractivity contribution in [1.29, 1.82) is 0 Å². The summed E-state index contributed by atoms with van der Waals surface area (Å²) in [5.74, 6) is 1.10. The van der Waals surface area contributed by atoms with E-state index in [0.717, 1.165) is 56.3 Å². The Morgan fingerprint density at radius 3 is 2.11 bits per heavy atom. The molecule has 0 unspecified atom stereocenters. The number of amidine groups is 2. The SMILES string of the molecule is C=NC(=NC(=NCc1ccc2c(c1)oc1ccccc12)/C(C)=C/C=C1\CN(c2ccccc2)c2ccccc21)c1ccc(-c2cccc(-c3ccccc3)c2)cc1. The molecule has 1 aromatic heterocycles. The van der Waals surface area contributed by atoms with Gasteiger partial charge in [0.25, 0.3) is 0 Å². The van der Waals surface area contributed by atoms with Gasteiger partial charge < -0.3 is 9.32 Å². The van der Waals surface area contributed by atoms with Gasteiger partial charge in [0.05, 0.1) is 6.54 Å². The van der Waals surface area contributed by atoms with E-state index in [2.05, 4.69) is 187 Å². The minimum atomic E-state index is 0.416. The van der Waals surface area contributed by atoms with Crippen LogP contribution < -0.4 is 4.90 Å². The predicted molar refractivity (Wildman–Crippen MR) is 240 cm³/mol. The monoisotopic (exact) mass is 736 g/mol. The minimum absolute atomic E-state index is 0.416. The number of hydrogen-bond acceptors (Lipinski definition) is 3. The smallest absolute Gasteiger partial charge is 0.160 e. The van der Waals surface area contributed by atoms with E-state index in [-0.39, 0.29) is 0 Å². The molecular formula is C52H40N4O. The molecule has 0 N–H and O–H groups in total. The van der Waals surface area contributed by atoms with Gasteiger partial charge in [-0.2, -0.15) is 0 Å². The highest BCUT2D eigenvalue weighted by Gasteiger charge is 2.24. The lowest BCUT2D eigenvalue weighted by molar-refractivity contribution is 0.668. The summed E-state index contributed by atoms with van der Waals surface area (Å²) < 4.78 is 6.20. The molecule has 274 valence electrons. The van der Waals surface area contributed by atoms with Crippen LogP contribution in [0.3, 0.4) is 0 Å². The van der Waals surface area contributed by atoms with Crippen molar-refractivity contribution in [3.05, 3.63) is 210 Å². The van der Waals surface area contributed by atoms with Gasteiger partial charge in [0.15, 0.2) is 11.7 Å². The molecule has 0 radical (unpaired) electrons. The van der Waals surface area contributed by atoms with Gasteiger partial charge in [-0.25, -0.2) is 9.98 Å². The first kappa shape index (κ1) is 35.3. The van der Waals surface area contributed by atoms with Crippen molar-refractivity contribution >= 4 is 57.3 Å². The zero-order valence-corrected chi connectivity index (χ0v) is 31.7. The molecule has 0 fully saturated rings. The van der Waals surface area contributed by atoms with E-state index in [1.165, 1.54) is 33.6 Å². The average molecular weight is 737 g/mol. The Balaban J connectivity index is 1.06. The van der Waals surface area contributed by atoms with E-state index in [1.807, 2.05) is 24.3 Å². The molecule has 8 aromatic rings. The van der Waals surface area contributed by atoms with Crippen molar-refractivity contribution < 1.29 is 4.42 Å². The van der Waals surface area contributed by atoms with E-state index >= 15 is 0 Å². The average Bonchev–Trinajstić information content (AvgIpc) is 3.84. The van der Waals surface area contributed by atoms with Crippen molar-refractivity contribution in [3.63, 3.8) is 0 Å². The largest absolute Gasteiger partial charge is 0.456 e. The van der Waals surface area contributed by atoms with Gasteiger partial charge in [-0.3, -0.25) is 4.99 Å². The molecule has 0 saturated heterocycles. The van der Waals surface area contributed by atoms with Gasteiger partial charge >= 0.3 is 0 Å². The number of rotatable bonds is 8. The fourth-order valence-electron chi connectivity index (χ4n) is 7.50. The molecule has 5 heteroatoms. The van der Waals surface area contributed by atoms with Crippen molar-refractivity contribution in [2.75, 3.05) is 11.4 Å². The molecule has 1 aliphatic heterocycles. The highest BCUT2D eigenvalue weighted by molar-refractivity contribution is 6.12. The van der Waals surface area contributed by atoms with Crippen molar-refractivity contribution in [2.45, 2.75) is 13.5 Å². The lowest BCUT2D eigenvalue weighted by Crippen LogP contribution is -2.12. The van der Waals surface area contributed by atoms with Crippen molar-refractivity contribution in [1.82, 2.24) is 0 Å². The van der Waals surface area contributed by atoms with E-state index < -0.39 is 0 Å². The van der Waals surface area contributed by atoms with Gasteiger partial charge in [-0.05, 0) is 89.0 Å². The van der Waals surface area contributed by atoms with Crippen LogP contribution in [-0.2, 0) is 6.54 Å². The summed E-state index contributed by atoms with van der Waals surface area (Å²) in [4.78, 5) is 17.0. The maximum absolute atomic E-state index is 6.20. The Hall–Kier alpha value is -7.37. The first-order valence-corrected chi connectivity index (χ1v) is 19.2. The molecule has 0 spiro atoms. The van der Waals surface area contributed by atoms with Crippen LogP contribution in [0.4, 0.5) is 11.4 Å². The summed E-state index contributed by atoms with van der Waals surface area (Å²) >= 11 is 0. The number of aliphatic imine (C=N–C) groups is 3. The van der Waals surface area contributed by atoms with E-state index in [0.29, 0.717) is 18.2 Å². The van der Waals surface area contributed by atoms with E-state index in [9.17, 15) is 0 Å². The maximum Gasteiger partial charge on any atom is 0.160 e. The highest BCUT2D eigenvalue weighted by Crippen LogP contribution is 2.40. The van der Waals surface area contributed by atoms with Crippen LogP contribution in [0.5, 0.6) is 0 Å². The number of allylic oxidation sites excluding steroid dienone is 2. The summed E-state index contributed by atoms with van der Waals surface area (Å²) in [5, 5.41) is 2.20. The topological polar surface area (TPSA) is 53.5 Å². The summed E-state index contributed by atoms with van der Waals surface area (Å²) in [6, 6.07) is 60.9. The maximum atomic E-state index is 6.20. The quantitative estimate of drug-likeness (QED) is 0.115. The Bertz CT molecular complexity index is 2860. The molecule has 1 aliphatic rings. The van der Waals surface area contributed by atoms with Crippen LogP contribution in [0.2, 0.25) is 0 Å². The molecule has 0 bridgehead atoms. The first-order chi connectivity index (χ1) is 28.1. The molecule has 0 atom stereocenters. The predicted octanol–water partition coefficient (Wildman–Crippen LogP) is 13.1. The normalized spacial score (nSPS) is 14.1. The van der Waals surface area contributed by atoms with Crippen LogP contribution in [0.15, 0.2) is 213 Å². The second kappa shape index (κ2) is 15.8. The Kier molecular flexibility index (Phi) is 9.78. The number of para-hydroxylation sites is 3. The van der Waals surface area contributed by atoms with Crippen molar-refractivity contribution in [3.8, 4) is 22.3 Å². The second-order valence-electron chi connectivity index (χ2n) is 14.2. The summed E-state index contributed by atoms with van der Waals surface area (Å²) in [6.07, 6.45) is 4.32. The summed E-state index contributed by atoms with van der Waals surface area (Å²) in [6.45, 7) is 7.17. The van der Waals surface area contributed by atoms with Gasteiger partial charge in [0.1, 0.15) is 11.2 Å². The molecule has 7 aromatic carbocycles. The van der Waals surface area contributed by atoms with Crippen LogP contribution in [0, 0.1) is 0 Å². The zero-order valence-electron chi connectivity index (χ0n) is 31.7. The third kappa shape index (κ3) is 7.39. The molecular weight excluding hydrogens is 697 g/mol. The molecule has 57 heavy (non-hydrogen) atoms. The van der Waals surface area contributed by atoms with Gasteiger partial charge in [-0.15, -0.1) is 0 Å². The molecule has 9 rings (SSSR count). The lowest BCUT2D eigenvalue weighted by Gasteiger charge is -2.18. The third-order valence-electron chi connectivity index (χ3n) is 10.5. The van der Waals surface area contributed by atoms with Crippen LogP contribution in [0.25, 0.3) is 49.8 Å². The Morgan fingerprint density at radius 2 is 1.32 bits per heavy atom.